The number of likely N-dealkylation sites (tertiary alicyclic amines) is 1. The first-order valence-electron chi connectivity index (χ1n) is 7.44. The monoisotopic (exact) mass is 361 g/mol. The van der Waals surface area contributed by atoms with Gasteiger partial charge >= 0.3 is 5.97 Å². The molecule has 0 saturated carbocycles. The van der Waals surface area contributed by atoms with Crippen LogP contribution in [0.25, 0.3) is 0 Å². The molecule has 1 aromatic rings. The minimum Gasteiger partial charge on any atom is -0.461 e. The minimum absolute atomic E-state index is 0.103. The van der Waals surface area contributed by atoms with Crippen LogP contribution in [0, 0.1) is 5.82 Å². The van der Waals surface area contributed by atoms with E-state index >= 15 is 0 Å². The number of aryl methyl sites for hydroxylation is 1. The minimum atomic E-state index is -1.91. The van der Waals surface area contributed by atoms with Gasteiger partial charge in [-0.05, 0) is 13.3 Å². The van der Waals surface area contributed by atoms with Gasteiger partial charge in [0.2, 0.25) is 6.41 Å². The smallest absolute Gasteiger partial charge is 0.358 e. The van der Waals surface area contributed by atoms with E-state index in [1.807, 2.05) is 0 Å². The number of nitrogens with one attached hydrogen (secondary N) is 1. The number of aromatic nitrogens is 1. The highest BCUT2D eigenvalue weighted by Crippen LogP contribution is 2.21. The molecule has 0 radical (unpaired) electrons. The second-order valence-electron chi connectivity index (χ2n) is 5.45. The Morgan fingerprint density at radius 1 is 1.62 bits per heavy atom. The second kappa shape index (κ2) is 7.86. The SMILES string of the molecule is CCOC(=O)c1c(F)c(S(=O)NC2CC(CO)N(C=O)C2)cn1C. The molecule has 0 aromatic carbocycles. The normalized spacial score (nSPS) is 21.8. The van der Waals surface area contributed by atoms with Crippen LogP contribution in [0.4, 0.5) is 4.39 Å². The number of amides is 1. The zero-order valence-corrected chi connectivity index (χ0v) is 14.2. The van der Waals surface area contributed by atoms with Gasteiger partial charge in [-0.2, -0.15) is 0 Å². The van der Waals surface area contributed by atoms with Crippen LogP contribution in [0.2, 0.25) is 0 Å². The lowest BCUT2D eigenvalue weighted by Crippen LogP contribution is -2.34. The molecule has 10 heteroatoms. The van der Waals surface area contributed by atoms with Crippen LogP contribution in [-0.4, -0.2) is 63.0 Å². The molecule has 1 saturated heterocycles. The number of hydrogen-bond acceptors (Lipinski definition) is 5. The molecule has 1 fully saturated rings. The van der Waals surface area contributed by atoms with Crippen molar-refractivity contribution in [2.45, 2.75) is 30.3 Å². The van der Waals surface area contributed by atoms with Crippen molar-refractivity contribution in [3.8, 4) is 0 Å². The Labute approximate surface area is 141 Å². The van der Waals surface area contributed by atoms with Gasteiger partial charge in [-0.1, -0.05) is 0 Å². The van der Waals surface area contributed by atoms with E-state index in [0.29, 0.717) is 12.8 Å². The van der Waals surface area contributed by atoms with Crippen LogP contribution >= 0.6 is 0 Å². The molecule has 0 spiro atoms. The summed E-state index contributed by atoms with van der Waals surface area (Å²) in [5.74, 6) is -1.72. The van der Waals surface area contributed by atoms with Gasteiger partial charge < -0.3 is 19.3 Å². The molecule has 2 N–H and O–H groups in total. The van der Waals surface area contributed by atoms with Crippen LogP contribution in [-0.2, 0) is 27.6 Å². The van der Waals surface area contributed by atoms with Crippen molar-refractivity contribution in [2.75, 3.05) is 19.8 Å². The standard InChI is InChI=1S/C14H20FN3O5S/c1-3-23-14(21)13-12(15)11(6-17(13)2)24(22)16-9-4-10(7-19)18(5-9)8-20/h6,8-10,16,19H,3-5,7H2,1-2H3. The summed E-state index contributed by atoms with van der Waals surface area (Å²) in [6.07, 6.45) is 2.29. The molecule has 3 unspecified atom stereocenters. The fourth-order valence-corrected chi connectivity index (χ4v) is 3.80. The molecule has 1 aromatic heterocycles. The van der Waals surface area contributed by atoms with E-state index < -0.39 is 22.8 Å². The van der Waals surface area contributed by atoms with Gasteiger partial charge in [0.1, 0.15) is 15.9 Å². The van der Waals surface area contributed by atoms with Gasteiger partial charge in [-0.3, -0.25) is 4.79 Å². The lowest BCUT2D eigenvalue weighted by Gasteiger charge is -2.16. The lowest BCUT2D eigenvalue weighted by atomic mass is 10.2. The fourth-order valence-electron chi connectivity index (χ4n) is 2.68. The molecule has 1 aliphatic rings. The predicted octanol–water partition coefficient (Wildman–Crippen LogP) is -0.455. The number of halogens is 1. The van der Waals surface area contributed by atoms with E-state index in [0.717, 1.165) is 0 Å². The van der Waals surface area contributed by atoms with Gasteiger partial charge in [0, 0.05) is 25.8 Å². The van der Waals surface area contributed by atoms with Crippen LogP contribution in [0.5, 0.6) is 0 Å². The Bertz CT molecular complexity index is 651. The number of aliphatic hydroxyl groups is 1. The molecule has 2 heterocycles. The number of hydrogen-bond donors (Lipinski definition) is 2. The Kier molecular flexibility index (Phi) is 6.08. The van der Waals surface area contributed by atoms with E-state index in [-0.39, 0.29) is 42.4 Å². The molecule has 0 bridgehead atoms. The van der Waals surface area contributed by atoms with Crippen molar-refractivity contribution in [1.29, 1.82) is 0 Å². The molecular weight excluding hydrogens is 341 g/mol. The number of carbonyl (C=O) groups excluding carboxylic acids is 2. The van der Waals surface area contributed by atoms with E-state index in [9.17, 15) is 23.3 Å². The van der Waals surface area contributed by atoms with Gasteiger partial charge in [0.05, 0.1) is 19.3 Å². The average molecular weight is 361 g/mol. The Hall–Kier alpha value is -1.78. The summed E-state index contributed by atoms with van der Waals surface area (Å²) in [4.78, 5) is 23.9. The van der Waals surface area contributed by atoms with Crippen molar-refractivity contribution in [3.63, 3.8) is 0 Å². The zero-order valence-electron chi connectivity index (χ0n) is 13.4. The first-order valence-corrected chi connectivity index (χ1v) is 8.59. The van der Waals surface area contributed by atoms with Gasteiger partial charge in [0.15, 0.2) is 11.5 Å². The number of carbonyl (C=O) groups is 2. The second-order valence-corrected chi connectivity index (χ2v) is 6.66. The number of aliphatic hydroxyl groups excluding tert-OH is 1. The topological polar surface area (TPSA) is 101 Å². The molecule has 134 valence electrons. The molecule has 2 rings (SSSR count). The molecule has 1 amide bonds. The van der Waals surface area contributed by atoms with Crippen molar-refractivity contribution in [2.24, 2.45) is 7.05 Å². The van der Waals surface area contributed by atoms with Crippen molar-refractivity contribution in [3.05, 3.63) is 17.7 Å². The molecule has 1 aliphatic heterocycles. The molecule has 24 heavy (non-hydrogen) atoms. The van der Waals surface area contributed by atoms with E-state index in [4.69, 9.17) is 4.74 Å². The van der Waals surface area contributed by atoms with Gasteiger partial charge in [0.25, 0.3) is 0 Å². The third-order valence-corrected chi connectivity index (χ3v) is 5.06. The number of esters is 1. The Morgan fingerprint density at radius 3 is 2.88 bits per heavy atom. The van der Waals surface area contributed by atoms with E-state index in [1.165, 1.54) is 22.7 Å². The summed E-state index contributed by atoms with van der Waals surface area (Å²) < 4.78 is 35.5. The van der Waals surface area contributed by atoms with Crippen LogP contribution < -0.4 is 4.72 Å². The summed E-state index contributed by atoms with van der Waals surface area (Å²) in [6.45, 7) is 1.78. The van der Waals surface area contributed by atoms with Crippen molar-refractivity contribution in [1.82, 2.24) is 14.2 Å². The summed E-state index contributed by atoms with van der Waals surface area (Å²) >= 11 is 0. The zero-order chi connectivity index (χ0) is 17.9. The van der Waals surface area contributed by atoms with Gasteiger partial charge in [-0.15, -0.1) is 0 Å². The Morgan fingerprint density at radius 2 is 2.33 bits per heavy atom. The van der Waals surface area contributed by atoms with Crippen molar-refractivity contribution < 1.29 is 28.0 Å². The molecule has 0 aliphatic carbocycles. The summed E-state index contributed by atoms with van der Waals surface area (Å²) in [5.41, 5.74) is -0.295. The average Bonchev–Trinajstić information content (AvgIpc) is 3.07. The fraction of sp³-hybridized carbons (Fsp3) is 0.571. The Balaban J connectivity index is 2.12. The number of nitrogens with zero attached hydrogens (tertiary/aromatic N) is 2. The first kappa shape index (κ1) is 18.6. The van der Waals surface area contributed by atoms with Crippen molar-refractivity contribution >= 4 is 23.4 Å². The largest absolute Gasteiger partial charge is 0.461 e. The highest BCUT2D eigenvalue weighted by atomic mass is 32.2. The maximum absolute atomic E-state index is 14.4. The summed E-state index contributed by atoms with van der Waals surface area (Å²) in [7, 11) is -0.447. The third-order valence-electron chi connectivity index (χ3n) is 3.83. The first-order chi connectivity index (χ1) is 11.4. The van der Waals surface area contributed by atoms with Crippen LogP contribution in [0.15, 0.2) is 11.1 Å². The molecule has 8 nitrogen and oxygen atoms in total. The number of ether oxygens (including phenoxy) is 1. The number of rotatable bonds is 7. The quantitative estimate of drug-likeness (QED) is 0.506. The van der Waals surface area contributed by atoms with Crippen LogP contribution in [0.1, 0.15) is 23.8 Å². The lowest BCUT2D eigenvalue weighted by molar-refractivity contribution is -0.119. The summed E-state index contributed by atoms with van der Waals surface area (Å²) in [5, 5.41) is 9.21. The summed E-state index contributed by atoms with van der Waals surface area (Å²) in [6, 6.07) is -0.702. The molecule has 3 atom stereocenters. The maximum Gasteiger partial charge on any atom is 0.358 e. The highest BCUT2D eigenvalue weighted by molar-refractivity contribution is 7.83. The van der Waals surface area contributed by atoms with Crippen LogP contribution in [0.3, 0.4) is 0 Å². The maximum atomic E-state index is 14.4. The van der Waals surface area contributed by atoms with E-state index in [1.54, 1.807) is 6.92 Å². The van der Waals surface area contributed by atoms with E-state index in [2.05, 4.69) is 4.72 Å². The third kappa shape index (κ3) is 3.65. The predicted molar refractivity (Wildman–Crippen MR) is 82.9 cm³/mol. The van der Waals surface area contributed by atoms with Gasteiger partial charge in [-0.25, -0.2) is 18.1 Å². The highest BCUT2D eigenvalue weighted by Gasteiger charge is 2.33. The molecular formula is C14H20FN3O5S.